The highest BCUT2D eigenvalue weighted by molar-refractivity contribution is 6.32. The minimum absolute atomic E-state index is 0.451. The van der Waals surface area contributed by atoms with Crippen molar-refractivity contribution in [1.82, 2.24) is 14.9 Å². The highest BCUT2D eigenvalue weighted by atomic mass is 35.5. The van der Waals surface area contributed by atoms with Crippen LogP contribution in [-0.2, 0) is 6.54 Å². The second-order valence-electron chi connectivity index (χ2n) is 5.81. The molecule has 3 rings (SSSR count). The van der Waals surface area contributed by atoms with Gasteiger partial charge < -0.3 is 4.52 Å². The Morgan fingerprint density at radius 3 is 2.54 bits per heavy atom. The van der Waals surface area contributed by atoms with E-state index >= 15 is 0 Å². The van der Waals surface area contributed by atoms with Gasteiger partial charge in [-0.2, -0.15) is 10.4 Å². The van der Waals surface area contributed by atoms with Crippen molar-refractivity contribution in [3.8, 4) is 17.2 Å². The maximum Gasteiger partial charge on any atom is 0.138 e. The molecule has 3 aromatic rings. The second-order valence-corrected chi connectivity index (χ2v) is 6.22. The number of halogens is 1. The lowest BCUT2D eigenvalue weighted by Gasteiger charge is -2.06. The standard InChI is InChI=1S/C18H17ClN4O/c1-10-16(13(4)24-22-10)9-23-12(3)18(11(2)21-23)14-5-6-15(8-20)17(19)7-14/h5-7H,9H2,1-4H3. The maximum atomic E-state index is 9.02. The van der Waals surface area contributed by atoms with Gasteiger partial charge in [0.15, 0.2) is 0 Å². The molecule has 122 valence electrons. The van der Waals surface area contributed by atoms with Crippen LogP contribution in [0.3, 0.4) is 0 Å². The highest BCUT2D eigenvalue weighted by Crippen LogP contribution is 2.31. The maximum absolute atomic E-state index is 9.02. The zero-order valence-electron chi connectivity index (χ0n) is 14.0. The molecule has 0 aliphatic rings. The van der Waals surface area contributed by atoms with Crippen molar-refractivity contribution < 1.29 is 4.52 Å². The predicted molar refractivity (Wildman–Crippen MR) is 91.9 cm³/mol. The molecule has 0 unspecified atom stereocenters. The van der Waals surface area contributed by atoms with Crippen molar-refractivity contribution in [3.63, 3.8) is 0 Å². The van der Waals surface area contributed by atoms with Gasteiger partial charge >= 0.3 is 0 Å². The van der Waals surface area contributed by atoms with Crippen LogP contribution in [0.25, 0.3) is 11.1 Å². The number of nitrogens with zero attached hydrogens (tertiary/aromatic N) is 4. The fourth-order valence-electron chi connectivity index (χ4n) is 2.91. The molecule has 6 heteroatoms. The van der Waals surface area contributed by atoms with Gasteiger partial charge in [0.05, 0.1) is 28.5 Å². The zero-order chi connectivity index (χ0) is 17.4. The van der Waals surface area contributed by atoms with Crippen LogP contribution in [0.2, 0.25) is 5.02 Å². The average molecular weight is 341 g/mol. The van der Waals surface area contributed by atoms with Gasteiger partial charge in [0.2, 0.25) is 0 Å². The fourth-order valence-corrected chi connectivity index (χ4v) is 3.13. The summed E-state index contributed by atoms with van der Waals surface area (Å²) >= 11 is 6.18. The van der Waals surface area contributed by atoms with Gasteiger partial charge in [-0.15, -0.1) is 0 Å². The van der Waals surface area contributed by atoms with Crippen LogP contribution in [0.5, 0.6) is 0 Å². The largest absolute Gasteiger partial charge is 0.361 e. The Morgan fingerprint density at radius 1 is 1.21 bits per heavy atom. The first-order valence-corrected chi connectivity index (χ1v) is 7.96. The van der Waals surface area contributed by atoms with E-state index in [1.54, 1.807) is 6.07 Å². The molecule has 0 aliphatic heterocycles. The van der Waals surface area contributed by atoms with Crippen LogP contribution in [0.1, 0.15) is 34.0 Å². The molecule has 2 aromatic heterocycles. The Morgan fingerprint density at radius 2 is 1.96 bits per heavy atom. The van der Waals surface area contributed by atoms with Gasteiger partial charge in [-0.3, -0.25) is 4.68 Å². The van der Waals surface area contributed by atoms with Crippen molar-refractivity contribution >= 4 is 11.6 Å². The van der Waals surface area contributed by atoms with Gasteiger partial charge in [-0.25, -0.2) is 0 Å². The summed E-state index contributed by atoms with van der Waals surface area (Å²) in [6, 6.07) is 7.54. The summed E-state index contributed by atoms with van der Waals surface area (Å²) in [6.45, 7) is 8.44. The molecule has 0 bridgehead atoms. The number of rotatable bonds is 3. The van der Waals surface area contributed by atoms with Crippen LogP contribution in [0, 0.1) is 39.0 Å². The van der Waals surface area contributed by atoms with E-state index in [9.17, 15) is 0 Å². The SMILES string of the molecule is Cc1noc(C)c1Cn1nc(C)c(-c2ccc(C#N)c(Cl)c2)c1C. The lowest BCUT2D eigenvalue weighted by molar-refractivity contribution is 0.391. The van der Waals surface area contributed by atoms with Crippen LogP contribution >= 0.6 is 11.6 Å². The van der Waals surface area contributed by atoms with Gasteiger partial charge in [0.25, 0.3) is 0 Å². The number of hydrogen-bond donors (Lipinski definition) is 0. The summed E-state index contributed by atoms with van der Waals surface area (Å²) in [5.74, 6) is 0.808. The quantitative estimate of drug-likeness (QED) is 0.711. The number of aromatic nitrogens is 3. The van der Waals surface area contributed by atoms with Crippen molar-refractivity contribution in [3.05, 3.63) is 57.2 Å². The highest BCUT2D eigenvalue weighted by Gasteiger charge is 2.17. The summed E-state index contributed by atoms with van der Waals surface area (Å²) < 4.78 is 7.18. The number of nitriles is 1. The Bertz CT molecular complexity index is 943. The molecule has 0 fully saturated rings. The molecule has 0 spiro atoms. The first kappa shape index (κ1) is 16.3. The molecular formula is C18H17ClN4O. The van der Waals surface area contributed by atoms with Gasteiger partial charge in [-0.05, 0) is 45.4 Å². The third-order valence-electron chi connectivity index (χ3n) is 4.25. The Labute approximate surface area is 145 Å². The fraction of sp³-hybridized carbons (Fsp3) is 0.278. The van der Waals surface area contributed by atoms with E-state index in [4.69, 9.17) is 21.4 Å². The molecule has 0 aliphatic carbocycles. The van der Waals surface area contributed by atoms with E-state index in [0.29, 0.717) is 17.1 Å². The van der Waals surface area contributed by atoms with E-state index in [2.05, 4.69) is 16.3 Å². The smallest absolute Gasteiger partial charge is 0.138 e. The van der Waals surface area contributed by atoms with Crippen LogP contribution in [-0.4, -0.2) is 14.9 Å². The second kappa shape index (κ2) is 6.14. The molecule has 24 heavy (non-hydrogen) atoms. The van der Waals surface area contributed by atoms with Crippen molar-refractivity contribution in [2.45, 2.75) is 34.2 Å². The zero-order valence-corrected chi connectivity index (χ0v) is 14.8. The van der Waals surface area contributed by atoms with Gasteiger partial charge in [-0.1, -0.05) is 22.8 Å². The van der Waals surface area contributed by atoms with E-state index in [-0.39, 0.29) is 0 Å². The Balaban J connectivity index is 2.04. The molecule has 0 saturated carbocycles. The third kappa shape index (κ3) is 2.70. The molecule has 1 aromatic carbocycles. The van der Waals surface area contributed by atoms with E-state index in [1.807, 2.05) is 44.5 Å². The molecule has 0 amide bonds. The van der Waals surface area contributed by atoms with Crippen LogP contribution in [0.4, 0.5) is 0 Å². The van der Waals surface area contributed by atoms with Gasteiger partial charge in [0, 0.05) is 16.8 Å². The molecule has 2 heterocycles. The van der Waals surface area contributed by atoms with E-state index < -0.39 is 0 Å². The topological polar surface area (TPSA) is 67.6 Å². The van der Waals surface area contributed by atoms with E-state index in [1.165, 1.54) is 0 Å². The minimum atomic E-state index is 0.451. The summed E-state index contributed by atoms with van der Waals surface area (Å²) in [4.78, 5) is 0. The third-order valence-corrected chi connectivity index (χ3v) is 4.56. The van der Waals surface area contributed by atoms with Crippen molar-refractivity contribution in [1.29, 1.82) is 5.26 Å². The van der Waals surface area contributed by atoms with Crippen molar-refractivity contribution in [2.24, 2.45) is 0 Å². The summed E-state index contributed by atoms with van der Waals surface area (Å²) in [5.41, 5.74) is 6.34. The molecule has 0 radical (unpaired) electrons. The Kier molecular flexibility index (Phi) is 4.16. The molecule has 0 atom stereocenters. The molecule has 0 N–H and O–H groups in total. The monoisotopic (exact) mass is 340 g/mol. The van der Waals surface area contributed by atoms with Crippen LogP contribution < -0.4 is 0 Å². The number of benzene rings is 1. The van der Waals surface area contributed by atoms with Crippen molar-refractivity contribution in [2.75, 3.05) is 0 Å². The first-order chi connectivity index (χ1) is 11.4. The average Bonchev–Trinajstić information content (AvgIpc) is 3.00. The van der Waals surface area contributed by atoms with E-state index in [0.717, 1.165) is 39.5 Å². The van der Waals surface area contributed by atoms with Crippen LogP contribution in [0.15, 0.2) is 22.7 Å². The Hall–Kier alpha value is -2.58. The van der Waals surface area contributed by atoms with Gasteiger partial charge in [0.1, 0.15) is 11.8 Å². The predicted octanol–water partition coefficient (Wildman–Crippen LogP) is 4.35. The normalized spacial score (nSPS) is 10.8. The molecule has 5 nitrogen and oxygen atoms in total. The first-order valence-electron chi connectivity index (χ1n) is 7.58. The number of aryl methyl sites for hydroxylation is 3. The summed E-state index contributed by atoms with van der Waals surface area (Å²) in [6.07, 6.45) is 0. The molecule has 0 saturated heterocycles. The number of hydrogen-bond acceptors (Lipinski definition) is 4. The lowest BCUT2D eigenvalue weighted by Crippen LogP contribution is -2.05. The summed E-state index contributed by atoms with van der Waals surface area (Å²) in [7, 11) is 0. The lowest BCUT2D eigenvalue weighted by atomic mass is 10.0. The minimum Gasteiger partial charge on any atom is -0.361 e. The summed E-state index contributed by atoms with van der Waals surface area (Å²) in [5, 5.41) is 18.1. The molecular weight excluding hydrogens is 324 g/mol.